The Morgan fingerprint density at radius 1 is 1.17 bits per heavy atom. The van der Waals surface area contributed by atoms with E-state index in [0.717, 1.165) is 25.7 Å². The van der Waals surface area contributed by atoms with Gasteiger partial charge in [0.2, 0.25) is 0 Å². The second kappa shape index (κ2) is 10.6. The molecule has 1 fully saturated rings. The summed E-state index contributed by atoms with van der Waals surface area (Å²) in [5.74, 6) is -0.364. The van der Waals surface area contributed by atoms with Crippen LogP contribution in [0.1, 0.15) is 64.7 Å². The molecule has 2 heterocycles. The zero-order chi connectivity index (χ0) is 17.2. The van der Waals surface area contributed by atoms with Crippen LogP contribution in [0, 0.1) is 0 Å². The van der Waals surface area contributed by atoms with Gasteiger partial charge in [0.15, 0.2) is 0 Å². The van der Waals surface area contributed by atoms with Gasteiger partial charge in [-0.1, -0.05) is 56.8 Å². The lowest BCUT2D eigenvalue weighted by molar-refractivity contribution is -0.313. The van der Waals surface area contributed by atoms with E-state index in [1.54, 1.807) is 6.92 Å². The van der Waals surface area contributed by atoms with Gasteiger partial charge in [0.1, 0.15) is 24.9 Å². The molecule has 24 heavy (non-hydrogen) atoms. The van der Waals surface area contributed by atoms with Crippen LogP contribution in [0.4, 0.5) is 0 Å². The normalized spacial score (nSPS) is 28.5. The first kappa shape index (κ1) is 19.2. The average molecular weight is 338 g/mol. The molecule has 0 amide bonds. The molecule has 0 aliphatic carbocycles. The van der Waals surface area contributed by atoms with E-state index in [2.05, 4.69) is 6.08 Å². The van der Waals surface area contributed by atoms with Gasteiger partial charge in [-0.05, 0) is 26.2 Å². The number of hydrogen-bond donors (Lipinski definition) is 1. The standard InChI is InChI=1S/C19H30O5/c1-15-18(20)17(19(21)23-15)13-9-7-5-3-2-4-6-8-11-16-12-10-14-22-24-16/h10,12-13,15-16,18,20H,2-9,11,14H2,1H3/b17-13-/t15-,16?,18-/m1/s1. The minimum Gasteiger partial charge on any atom is -0.456 e. The molecule has 2 aliphatic heterocycles. The van der Waals surface area contributed by atoms with Crippen molar-refractivity contribution >= 4 is 5.97 Å². The summed E-state index contributed by atoms with van der Waals surface area (Å²) in [6.07, 6.45) is 15.1. The van der Waals surface area contributed by atoms with Crippen molar-refractivity contribution in [3.05, 3.63) is 23.8 Å². The lowest BCUT2D eigenvalue weighted by atomic mass is 10.0. The van der Waals surface area contributed by atoms with Crippen LogP contribution < -0.4 is 0 Å². The maximum Gasteiger partial charge on any atom is 0.336 e. The van der Waals surface area contributed by atoms with E-state index in [9.17, 15) is 9.90 Å². The van der Waals surface area contributed by atoms with E-state index >= 15 is 0 Å². The summed E-state index contributed by atoms with van der Waals surface area (Å²) in [6.45, 7) is 2.28. The fourth-order valence-electron chi connectivity index (χ4n) is 3.06. The summed E-state index contributed by atoms with van der Waals surface area (Å²) >= 11 is 0. The van der Waals surface area contributed by atoms with Gasteiger partial charge in [-0.25, -0.2) is 14.6 Å². The molecule has 136 valence electrons. The number of unbranched alkanes of at least 4 members (excludes halogenated alkanes) is 7. The van der Waals surface area contributed by atoms with Crippen molar-refractivity contribution in [1.82, 2.24) is 0 Å². The van der Waals surface area contributed by atoms with Crippen LogP contribution in [0.15, 0.2) is 23.8 Å². The topological polar surface area (TPSA) is 65.0 Å². The van der Waals surface area contributed by atoms with Gasteiger partial charge in [0.25, 0.3) is 0 Å². The van der Waals surface area contributed by atoms with Crippen LogP contribution in [-0.4, -0.2) is 36.0 Å². The van der Waals surface area contributed by atoms with E-state index in [-0.39, 0.29) is 12.1 Å². The minimum atomic E-state index is -0.758. The Morgan fingerprint density at radius 3 is 2.50 bits per heavy atom. The first-order chi connectivity index (χ1) is 11.7. The zero-order valence-corrected chi connectivity index (χ0v) is 14.6. The van der Waals surface area contributed by atoms with Gasteiger partial charge in [0.05, 0.1) is 5.57 Å². The first-order valence-corrected chi connectivity index (χ1v) is 9.22. The second-order valence-corrected chi connectivity index (χ2v) is 6.61. The summed E-state index contributed by atoms with van der Waals surface area (Å²) in [4.78, 5) is 21.6. The highest BCUT2D eigenvalue weighted by Crippen LogP contribution is 2.22. The molecule has 5 heteroatoms. The number of esters is 1. The van der Waals surface area contributed by atoms with E-state index in [4.69, 9.17) is 14.5 Å². The number of carbonyl (C=O) groups excluding carboxylic acids is 1. The average Bonchev–Trinajstić information content (AvgIpc) is 2.83. The third kappa shape index (κ3) is 6.38. The molecule has 0 aromatic rings. The smallest absolute Gasteiger partial charge is 0.336 e. The van der Waals surface area contributed by atoms with Crippen LogP contribution >= 0.6 is 0 Å². The van der Waals surface area contributed by atoms with Crippen molar-refractivity contribution in [2.75, 3.05) is 6.61 Å². The van der Waals surface area contributed by atoms with Crippen LogP contribution in [0.3, 0.4) is 0 Å². The summed E-state index contributed by atoms with van der Waals surface area (Å²) in [7, 11) is 0. The Bertz CT molecular complexity index is 443. The molecule has 0 saturated carbocycles. The molecule has 5 nitrogen and oxygen atoms in total. The number of rotatable bonds is 10. The highest BCUT2D eigenvalue weighted by Gasteiger charge is 2.34. The zero-order valence-electron chi connectivity index (χ0n) is 14.6. The first-order valence-electron chi connectivity index (χ1n) is 9.22. The summed E-state index contributed by atoms with van der Waals surface area (Å²) in [6, 6.07) is 0. The number of allylic oxidation sites excluding steroid dienone is 1. The monoisotopic (exact) mass is 338 g/mol. The predicted octanol–water partition coefficient (Wildman–Crippen LogP) is 3.62. The van der Waals surface area contributed by atoms with Crippen LogP contribution in [0.5, 0.6) is 0 Å². The highest BCUT2D eigenvalue weighted by molar-refractivity contribution is 5.92. The molecule has 2 aliphatic rings. The molecule has 0 aromatic heterocycles. The molecular formula is C19H30O5. The van der Waals surface area contributed by atoms with Crippen molar-refractivity contribution in [3.63, 3.8) is 0 Å². The van der Waals surface area contributed by atoms with Gasteiger partial charge in [0, 0.05) is 0 Å². The quantitative estimate of drug-likeness (QED) is 0.217. The molecule has 1 saturated heterocycles. The number of aliphatic hydroxyl groups is 1. The molecule has 1 N–H and O–H groups in total. The number of carbonyl (C=O) groups is 1. The van der Waals surface area contributed by atoms with E-state index in [0.29, 0.717) is 12.2 Å². The molecule has 0 aromatic carbocycles. The molecule has 0 radical (unpaired) electrons. The fourth-order valence-corrected chi connectivity index (χ4v) is 3.06. The molecule has 0 spiro atoms. The molecule has 2 rings (SSSR count). The van der Waals surface area contributed by atoms with Gasteiger partial charge < -0.3 is 9.84 Å². The van der Waals surface area contributed by atoms with E-state index in [1.165, 1.54) is 32.1 Å². The number of cyclic esters (lactones) is 1. The number of hydrogen-bond acceptors (Lipinski definition) is 5. The Kier molecular flexibility index (Phi) is 8.50. The summed E-state index contributed by atoms with van der Waals surface area (Å²) in [5, 5.41) is 9.81. The van der Waals surface area contributed by atoms with E-state index in [1.807, 2.05) is 12.2 Å². The van der Waals surface area contributed by atoms with Crippen molar-refractivity contribution in [3.8, 4) is 0 Å². The second-order valence-electron chi connectivity index (χ2n) is 6.61. The predicted molar refractivity (Wildman–Crippen MR) is 91.2 cm³/mol. The van der Waals surface area contributed by atoms with Crippen molar-refractivity contribution in [1.29, 1.82) is 0 Å². The summed E-state index contributed by atoms with van der Waals surface area (Å²) < 4.78 is 4.98. The number of ether oxygens (including phenoxy) is 1. The Morgan fingerprint density at radius 2 is 1.88 bits per heavy atom. The summed E-state index contributed by atoms with van der Waals surface area (Å²) in [5.41, 5.74) is 0.436. The largest absolute Gasteiger partial charge is 0.456 e. The van der Waals surface area contributed by atoms with Gasteiger partial charge in [-0.15, -0.1) is 0 Å². The fraction of sp³-hybridized carbons (Fsp3) is 0.737. The Balaban J connectivity index is 1.42. The van der Waals surface area contributed by atoms with E-state index < -0.39 is 12.2 Å². The molecule has 3 atom stereocenters. The third-order valence-electron chi connectivity index (χ3n) is 4.56. The SMILES string of the molecule is C[C@H]1OC(=O)/C(=C\CCCCCCCCCC2C=CCOO2)[C@@H]1O. The van der Waals surface area contributed by atoms with Gasteiger partial charge in [-0.3, -0.25) is 0 Å². The minimum absolute atomic E-state index is 0.132. The maximum absolute atomic E-state index is 11.5. The third-order valence-corrected chi connectivity index (χ3v) is 4.56. The van der Waals surface area contributed by atoms with Crippen LogP contribution in [0.25, 0.3) is 0 Å². The molecule has 1 unspecified atom stereocenters. The lowest BCUT2D eigenvalue weighted by Gasteiger charge is -2.15. The maximum atomic E-state index is 11.5. The molecular weight excluding hydrogens is 308 g/mol. The Hall–Kier alpha value is -1.17. The van der Waals surface area contributed by atoms with Crippen molar-refractivity contribution in [2.45, 2.75) is 83.0 Å². The number of aliphatic hydroxyl groups excluding tert-OH is 1. The lowest BCUT2D eigenvalue weighted by Crippen LogP contribution is -2.17. The van der Waals surface area contributed by atoms with Crippen LogP contribution in [-0.2, 0) is 19.3 Å². The van der Waals surface area contributed by atoms with Crippen LogP contribution in [0.2, 0.25) is 0 Å². The van der Waals surface area contributed by atoms with Gasteiger partial charge >= 0.3 is 5.97 Å². The van der Waals surface area contributed by atoms with Crippen molar-refractivity contribution < 1.29 is 24.4 Å². The van der Waals surface area contributed by atoms with Crippen molar-refractivity contribution in [2.24, 2.45) is 0 Å². The highest BCUT2D eigenvalue weighted by atomic mass is 17.2. The van der Waals surface area contributed by atoms with Gasteiger partial charge in [-0.2, -0.15) is 0 Å². The Labute approximate surface area is 144 Å². The molecule has 0 bridgehead atoms.